The Bertz CT molecular complexity index is 813. The first-order valence-corrected chi connectivity index (χ1v) is 6.04. The van der Waals surface area contributed by atoms with Crippen LogP contribution in [0.15, 0.2) is 34.0 Å². The summed E-state index contributed by atoms with van der Waals surface area (Å²) in [6.07, 6.45) is 1.15. The summed E-state index contributed by atoms with van der Waals surface area (Å²) in [5.74, 6) is 5.31. The van der Waals surface area contributed by atoms with E-state index in [0.717, 1.165) is 10.8 Å². The van der Waals surface area contributed by atoms with E-state index in [0.29, 0.717) is 5.56 Å². The van der Waals surface area contributed by atoms with Gasteiger partial charge in [0.2, 0.25) is 0 Å². The van der Waals surface area contributed by atoms with Crippen LogP contribution in [0.25, 0.3) is 0 Å². The maximum Gasteiger partial charge on any atom is 0.328 e. The number of nitro benzene ring substituents is 1. The number of nitrogens with two attached hydrogens (primary N) is 1. The Morgan fingerprint density at radius 1 is 1.43 bits per heavy atom. The minimum Gasteiger partial charge on any atom is -0.318 e. The van der Waals surface area contributed by atoms with E-state index in [1.165, 1.54) is 12.1 Å². The average Bonchev–Trinajstić information content (AvgIpc) is 2.44. The molecule has 1 aromatic heterocycles. The van der Waals surface area contributed by atoms with Crippen LogP contribution in [-0.4, -0.2) is 14.5 Å². The first kappa shape index (κ1) is 14.8. The third-order valence-electron chi connectivity index (χ3n) is 2.78. The molecule has 0 aliphatic rings. The molecule has 9 nitrogen and oxygen atoms in total. The van der Waals surface area contributed by atoms with Crippen LogP contribution in [0, 0.1) is 10.1 Å². The van der Waals surface area contributed by atoms with Crippen molar-refractivity contribution in [3.63, 3.8) is 0 Å². The molecule has 10 heteroatoms. The molecular formula is C11H10ClN5O4. The van der Waals surface area contributed by atoms with Gasteiger partial charge in [0, 0.05) is 17.8 Å². The molecule has 110 valence electrons. The molecule has 2 rings (SSSR count). The van der Waals surface area contributed by atoms with Crippen molar-refractivity contribution in [2.24, 2.45) is 5.84 Å². The van der Waals surface area contributed by atoms with Crippen LogP contribution in [0.3, 0.4) is 0 Å². The predicted octanol–water partition coefficient (Wildman–Crippen LogP) is 0.432. The van der Waals surface area contributed by atoms with Crippen molar-refractivity contribution >= 4 is 23.0 Å². The summed E-state index contributed by atoms with van der Waals surface area (Å²) in [4.78, 5) is 35.2. The van der Waals surface area contributed by atoms with Crippen LogP contribution >= 0.6 is 11.6 Å². The summed E-state index contributed by atoms with van der Waals surface area (Å²) in [6, 6.07) is 4.31. The van der Waals surface area contributed by atoms with Crippen molar-refractivity contribution in [2.45, 2.75) is 6.54 Å². The Kier molecular flexibility index (Phi) is 4.05. The molecule has 2 aromatic rings. The highest BCUT2D eigenvalue weighted by molar-refractivity contribution is 6.30. The zero-order valence-electron chi connectivity index (χ0n) is 10.5. The second-order valence-corrected chi connectivity index (χ2v) is 4.48. The van der Waals surface area contributed by atoms with Crippen LogP contribution in [0.5, 0.6) is 0 Å². The topological polar surface area (TPSA) is 136 Å². The molecule has 21 heavy (non-hydrogen) atoms. The molecule has 0 amide bonds. The maximum atomic E-state index is 11.7. The fourth-order valence-corrected chi connectivity index (χ4v) is 1.99. The molecule has 0 saturated carbocycles. The van der Waals surface area contributed by atoms with Gasteiger partial charge < -0.3 is 5.43 Å². The van der Waals surface area contributed by atoms with Crippen molar-refractivity contribution in [1.82, 2.24) is 9.55 Å². The van der Waals surface area contributed by atoms with Crippen molar-refractivity contribution in [3.05, 3.63) is 65.9 Å². The lowest BCUT2D eigenvalue weighted by Crippen LogP contribution is -2.30. The number of nitrogens with one attached hydrogen (secondary N) is 2. The van der Waals surface area contributed by atoms with E-state index >= 15 is 0 Å². The SMILES string of the molecule is NNc1c(Cn2cc(Cl)c(=O)[nH]c2=O)cccc1[N+](=O)[O-]. The van der Waals surface area contributed by atoms with Crippen molar-refractivity contribution in [1.29, 1.82) is 0 Å². The van der Waals surface area contributed by atoms with E-state index in [9.17, 15) is 19.7 Å². The van der Waals surface area contributed by atoms with Gasteiger partial charge >= 0.3 is 5.69 Å². The van der Waals surface area contributed by atoms with Gasteiger partial charge in [0.05, 0.1) is 11.5 Å². The van der Waals surface area contributed by atoms with Crippen molar-refractivity contribution in [3.8, 4) is 0 Å². The normalized spacial score (nSPS) is 10.4. The Morgan fingerprint density at radius 2 is 2.14 bits per heavy atom. The van der Waals surface area contributed by atoms with Gasteiger partial charge in [0.25, 0.3) is 11.2 Å². The van der Waals surface area contributed by atoms with E-state index < -0.39 is 16.2 Å². The van der Waals surface area contributed by atoms with E-state index in [-0.39, 0.29) is 22.9 Å². The Labute approximate surface area is 122 Å². The number of nitrogen functional groups attached to an aromatic ring is 1. The Balaban J connectivity index is 2.52. The number of aromatic amines is 1. The lowest BCUT2D eigenvalue weighted by atomic mass is 10.1. The molecule has 1 heterocycles. The summed E-state index contributed by atoms with van der Waals surface area (Å²) in [7, 11) is 0. The van der Waals surface area contributed by atoms with Gasteiger partial charge in [-0.05, 0) is 0 Å². The van der Waals surface area contributed by atoms with Crippen LogP contribution in [0.1, 0.15) is 5.56 Å². The second-order valence-electron chi connectivity index (χ2n) is 4.08. The molecule has 0 radical (unpaired) electrons. The van der Waals surface area contributed by atoms with Crippen molar-refractivity contribution in [2.75, 3.05) is 5.43 Å². The number of rotatable bonds is 4. The van der Waals surface area contributed by atoms with Gasteiger partial charge in [-0.2, -0.15) is 0 Å². The number of aromatic nitrogens is 2. The van der Waals surface area contributed by atoms with Gasteiger partial charge in [-0.1, -0.05) is 23.7 Å². The summed E-state index contributed by atoms with van der Waals surface area (Å²) in [5.41, 5.74) is 1.12. The molecule has 0 saturated heterocycles. The fourth-order valence-electron chi connectivity index (χ4n) is 1.82. The minimum atomic E-state index is -0.700. The molecule has 1 aromatic carbocycles. The Morgan fingerprint density at radius 3 is 2.76 bits per heavy atom. The molecule has 0 spiro atoms. The molecule has 0 bridgehead atoms. The highest BCUT2D eigenvalue weighted by Crippen LogP contribution is 2.27. The third-order valence-corrected chi connectivity index (χ3v) is 3.05. The van der Waals surface area contributed by atoms with Gasteiger partial charge in [-0.15, -0.1) is 0 Å². The largest absolute Gasteiger partial charge is 0.328 e. The van der Waals surface area contributed by atoms with Gasteiger partial charge in [-0.3, -0.25) is 30.3 Å². The number of hydrazine groups is 1. The highest BCUT2D eigenvalue weighted by Gasteiger charge is 2.17. The van der Waals surface area contributed by atoms with Crippen LogP contribution in [0.2, 0.25) is 5.02 Å². The fraction of sp³-hybridized carbons (Fsp3) is 0.0909. The maximum absolute atomic E-state index is 11.7. The summed E-state index contributed by atoms with van der Waals surface area (Å²) in [5, 5.41) is 10.8. The smallest absolute Gasteiger partial charge is 0.318 e. The number of nitrogens with zero attached hydrogens (tertiary/aromatic N) is 2. The molecule has 4 N–H and O–H groups in total. The molecule has 0 atom stereocenters. The lowest BCUT2D eigenvalue weighted by molar-refractivity contribution is -0.384. The molecule has 0 aliphatic carbocycles. The lowest BCUT2D eigenvalue weighted by Gasteiger charge is -2.10. The first-order valence-electron chi connectivity index (χ1n) is 5.66. The summed E-state index contributed by atoms with van der Waals surface area (Å²) >= 11 is 5.66. The predicted molar refractivity (Wildman–Crippen MR) is 76.3 cm³/mol. The van der Waals surface area contributed by atoms with E-state index in [1.54, 1.807) is 6.07 Å². The van der Waals surface area contributed by atoms with Gasteiger partial charge in [0.1, 0.15) is 10.7 Å². The van der Waals surface area contributed by atoms with Crippen LogP contribution < -0.4 is 22.5 Å². The number of para-hydroxylation sites is 1. The van der Waals surface area contributed by atoms with Crippen molar-refractivity contribution < 1.29 is 4.92 Å². The number of anilines is 1. The number of hydrogen-bond acceptors (Lipinski definition) is 6. The third kappa shape index (κ3) is 2.93. The molecule has 0 fully saturated rings. The summed E-state index contributed by atoms with van der Waals surface area (Å²) in [6.45, 7) is -0.0451. The highest BCUT2D eigenvalue weighted by atomic mass is 35.5. The molecular weight excluding hydrogens is 302 g/mol. The first-order chi connectivity index (χ1) is 9.93. The van der Waals surface area contributed by atoms with Gasteiger partial charge in [0.15, 0.2) is 0 Å². The number of nitro groups is 1. The zero-order valence-corrected chi connectivity index (χ0v) is 11.3. The average molecular weight is 312 g/mol. The molecule has 0 unspecified atom stereocenters. The van der Waals surface area contributed by atoms with Gasteiger partial charge in [-0.25, -0.2) is 4.79 Å². The zero-order chi connectivity index (χ0) is 15.6. The molecule has 0 aliphatic heterocycles. The van der Waals surface area contributed by atoms with Crippen LogP contribution in [0.4, 0.5) is 11.4 Å². The van der Waals surface area contributed by atoms with E-state index in [4.69, 9.17) is 17.4 Å². The monoisotopic (exact) mass is 311 g/mol. The number of H-pyrrole nitrogens is 1. The quantitative estimate of drug-likeness (QED) is 0.425. The van der Waals surface area contributed by atoms with E-state index in [2.05, 4.69) is 5.43 Å². The number of halogens is 1. The van der Waals surface area contributed by atoms with Crippen LogP contribution in [-0.2, 0) is 6.54 Å². The number of benzene rings is 1. The Hall–Kier alpha value is -2.65. The minimum absolute atomic E-state index is 0.0451. The van der Waals surface area contributed by atoms with E-state index in [1.807, 2.05) is 4.98 Å². The summed E-state index contributed by atoms with van der Waals surface area (Å²) < 4.78 is 1.11. The number of hydrogen-bond donors (Lipinski definition) is 3. The second kappa shape index (κ2) is 5.77. The standard InChI is InChI=1S/C11H10ClN5O4/c12-7-5-16(11(19)14-10(7)18)4-6-2-1-3-8(17(20)21)9(6)15-13/h1-3,5,15H,4,13H2,(H,14,18,19).